The molecule has 4 nitrogen and oxygen atoms in total. The minimum absolute atomic E-state index is 0.112. The number of hydrogen-bond acceptors (Lipinski definition) is 3. The fourth-order valence-corrected chi connectivity index (χ4v) is 1.25. The van der Waals surface area contributed by atoms with Crippen LogP contribution in [0.15, 0.2) is 33.9 Å². The van der Waals surface area contributed by atoms with Crippen molar-refractivity contribution in [2.24, 2.45) is 21.6 Å². The summed E-state index contributed by atoms with van der Waals surface area (Å²) >= 11 is 0. The molecule has 1 atom stereocenters. The van der Waals surface area contributed by atoms with E-state index in [0.717, 1.165) is 11.4 Å². The van der Waals surface area contributed by atoms with Crippen LogP contribution in [0.2, 0.25) is 0 Å². The number of nitrogens with two attached hydrogens (primary N) is 1. The Kier molecular flexibility index (Phi) is 1.40. The van der Waals surface area contributed by atoms with Crippen molar-refractivity contribution in [3.8, 4) is 0 Å². The Hall–Kier alpha value is -1.71. The molecule has 4 heteroatoms. The third-order valence-corrected chi connectivity index (χ3v) is 1.84. The Morgan fingerprint density at radius 2 is 2.42 bits per heavy atom. The van der Waals surface area contributed by atoms with E-state index in [4.69, 9.17) is 11.1 Å². The monoisotopic (exact) mass is 160 g/mol. The van der Waals surface area contributed by atoms with E-state index in [0.29, 0.717) is 0 Å². The maximum absolute atomic E-state index is 7.30. The zero-order valence-electron chi connectivity index (χ0n) is 6.36. The first-order valence-electron chi connectivity index (χ1n) is 3.62. The van der Waals surface area contributed by atoms with Crippen LogP contribution in [0.4, 0.5) is 0 Å². The molecule has 1 aliphatic carbocycles. The topological polar surface area (TPSA) is 74.6 Å². The molecule has 0 saturated heterocycles. The molecule has 1 heterocycles. The lowest BCUT2D eigenvalue weighted by molar-refractivity contribution is 1.12. The van der Waals surface area contributed by atoms with E-state index in [1.54, 1.807) is 0 Å². The fraction of sp³-hybridized carbons (Fsp3) is 0.125. The molecule has 0 saturated carbocycles. The average Bonchev–Trinajstić information content (AvgIpc) is 2.49. The molecule has 0 amide bonds. The molecule has 0 aromatic heterocycles. The van der Waals surface area contributed by atoms with Crippen LogP contribution in [0.3, 0.4) is 0 Å². The molecule has 0 spiro atoms. The maximum atomic E-state index is 7.30. The Labute approximate surface area is 69.7 Å². The van der Waals surface area contributed by atoms with Crippen molar-refractivity contribution in [3.63, 3.8) is 0 Å². The number of fused-ring (bicyclic) bond motifs is 1. The van der Waals surface area contributed by atoms with Crippen LogP contribution in [0.1, 0.15) is 0 Å². The van der Waals surface area contributed by atoms with Crippen LogP contribution < -0.4 is 5.73 Å². The molecule has 2 aliphatic rings. The molecule has 0 fully saturated rings. The van der Waals surface area contributed by atoms with Crippen molar-refractivity contribution in [3.05, 3.63) is 23.9 Å². The highest BCUT2D eigenvalue weighted by atomic mass is 15.0. The van der Waals surface area contributed by atoms with Gasteiger partial charge in [0.2, 0.25) is 0 Å². The number of aliphatic imine (C=N–C) groups is 2. The van der Waals surface area contributed by atoms with Crippen molar-refractivity contribution in [1.29, 1.82) is 5.41 Å². The van der Waals surface area contributed by atoms with E-state index in [1.165, 1.54) is 6.34 Å². The summed E-state index contributed by atoms with van der Waals surface area (Å²) in [7, 11) is 0. The predicted octanol–water partition coefficient (Wildman–Crippen LogP) is 0.475. The Morgan fingerprint density at radius 1 is 1.58 bits per heavy atom. The van der Waals surface area contributed by atoms with Crippen molar-refractivity contribution >= 4 is 17.9 Å². The number of allylic oxidation sites excluding steroid dienone is 3. The summed E-state index contributed by atoms with van der Waals surface area (Å²) in [4.78, 5) is 8.06. The number of rotatable bonds is 1. The lowest BCUT2D eigenvalue weighted by Gasteiger charge is -2.13. The van der Waals surface area contributed by atoms with E-state index in [1.807, 2.05) is 18.2 Å². The molecule has 12 heavy (non-hydrogen) atoms. The van der Waals surface area contributed by atoms with Gasteiger partial charge in [-0.1, -0.05) is 12.2 Å². The summed E-state index contributed by atoms with van der Waals surface area (Å²) in [5.41, 5.74) is 6.99. The normalized spacial score (nSPS) is 24.8. The predicted molar refractivity (Wildman–Crippen MR) is 48.6 cm³/mol. The summed E-state index contributed by atoms with van der Waals surface area (Å²) in [5, 5.41) is 7.30. The molecule has 60 valence electrons. The first-order chi connectivity index (χ1) is 5.79. The zero-order chi connectivity index (χ0) is 8.55. The van der Waals surface area contributed by atoms with E-state index in [9.17, 15) is 0 Å². The van der Waals surface area contributed by atoms with Crippen LogP contribution >= 0.6 is 0 Å². The van der Waals surface area contributed by atoms with E-state index in [-0.39, 0.29) is 11.8 Å². The minimum Gasteiger partial charge on any atom is -0.387 e. The summed E-state index contributed by atoms with van der Waals surface area (Å²) in [6.07, 6.45) is 7.05. The highest BCUT2D eigenvalue weighted by Gasteiger charge is 2.23. The first kappa shape index (κ1) is 6.97. The van der Waals surface area contributed by atoms with Gasteiger partial charge in [0.1, 0.15) is 12.2 Å². The number of hydrogen-bond donors (Lipinski definition) is 2. The fourth-order valence-electron chi connectivity index (χ4n) is 1.25. The molecule has 2 rings (SSSR count). The van der Waals surface area contributed by atoms with Crippen molar-refractivity contribution in [1.82, 2.24) is 0 Å². The molecule has 3 N–H and O–H groups in total. The van der Waals surface area contributed by atoms with Crippen molar-refractivity contribution < 1.29 is 0 Å². The van der Waals surface area contributed by atoms with Gasteiger partial charge in [-0.2, -0.15) is 0 Å². The highest BCUT2D eigenvalue weighted by molar-refractivity contribution is 6.19. The summed E-state index contributed by atoms with van der Waals surface area (Å²) < 4.78 is 0. The Balaban J connectivity index is 2.39. The van der Waals surface area contributed by atoms with Crippen molar-refractivity contribution in [2.45, 2.75) is 0 Å². The van der Waals surface area contributed by atoms with Crippen LogP contribution in [0.5, 0.6) is 0 Å². The minimum atomic E-state index is -0.188. The van der Waals surface area contributed by atoms with Gasteiger partial charge in [0.25, 0.3) is 0 Å². The summed E-state index contributed by atoms with van der Waals surface area (Å²) in [6.45, 7) is 0. The lowest BCUT2D eigenvalue weighted by atomic mass is 9.95. The smallest absolute Gasteiger partial charge is 0.116 e. The largest absolute Gasteiger partial charge is 0.387 e. The van der Waals surface area contributed by atoms with E-state index < -0.39 is 0 Å². The van der Waals surface area contributed by atoms with Gasteiger partial charge < -0.3 is 5.73 Å². The van der Waals surface area contributed by atoms with Gasteiger partial charge in [0.15, 0.2) is 0 Å². The molecule has 0 radical (unpaired) electrons. The highest BCUT2D eigenvalue weighted by Crippen LogP contribution is 2.19. The van der Waals surface area contributed by atoms with E-state index in [2.05, 4.69) is 9.98 Å². The average molecular weight is 160 g/mol. The maximum Gasteiger partial charge on any atom is 0.116 e. The number of nitrogens with one attached hydrogen (secondary N) is 1. The quantitative estimate of drug-likeness (QED) is 0.424. The second-order valence-electron chi connectivity index (χ2n) is 2.63. The molecule has 0 bridgehead atoms. The second-order valence-corrected chi connectivity index (χ2v) is 2.63. The van der Waals surface area contributed by atoms with Gasteiger partial charge in [-0.15, -0.1) is 0 Å². The van der Waals surface area contributed by atoms with Crippen molar-refractivity contribution in [2.75, 3.05) is 0 Å². The Morgan fingerprint density at radius 3 is 3.17 bits per heavy atom. The van der Waals surface area contributed by atoms with Gasteiger partial charge in [-0.25, -0.2) is 9.98 Å². The lowest BCUT2D eigenvalue weighted by Crippen LogP contribution is -2.29. The van der Waals surface area contributed by atoms with Crippen LogP contribution in [0.25, 0.3) is 0 Å². The van der Waals surface area contributed by atoms with Crippen LogP contribution in [0, 0.1) is 11.3 Å². The summed E-state index contributed by atoms with van der Waals surface area (Å²) in [6, 6.07) is 0. The Bertz CT molecular complexity index is 346. The van der Waals surface area contributed by atoms with Gasteiger partial charge in [0, 0.05) is 0 Å². The molecule has 1 unspecified atom stereocenters. The molecular weight excluding hydrogens is 152 g/mol. The number of amidine groups is 1. The molecule has 1 aliphatic heterocycles. The summed E-state index contributed by atoms with van der Waals surface area (Å²) in [5.74, 6) is -0.0754. The van der Waals surface area contributed by atoms with Crippen LogP contribution in [-0.4, -0.2) is 17.9 Å². The molecular formula is C8H8N4. The first-order valence-corrected chi connectivity index (χ1v) is 3.62. The van der Waals surface area contributed by atoms with Gasteiger partial charge in [0.05, 0.1) is 17.3 Å². The molecule has 0 aromatic rings. The number of nitrogens with zero attached hydrogens (tertiary/aromatic N) is 2. The van der Waals surface area contributed by atoms with Gasteiger partial charge >= 0.3 is 0 Å². The van der Waals surface area contributed by atoms with Gasteiger partial charge in [-0.3, -0.25) is 5.41 Å². The SMILES string of the molecule is N=C(N)C1C=CC=C2N=CN=C21. The zero-order valence-corrected chi connectivity index (χ0v) is 6.36. The van der Waals surface area contributed by atoms with Crippen LogP contribution in [-0.2, 0) is 0 Å². The molecule has 0 aromatic carbocycles. The standard InChI is InChI=1S/C8H8N4/c9-8(10)5-2-1-3-6-7(5)12-4-11-6/h1-5H,(H3,9,10). The second kappa shape index (κ2) is 2.41. The van der Waals surface area contributed by atoms with Gasteiger partial charge in [-0.05, 0) is 6.08 Å². The third kappa shape index (κ3) is 0.887. The van der Waals surface area contributed by atoms with E-state index >= 15 is 0 Å². The third-order valence-electron chi connectivity index (χ3n) is 1.84.